The van der Waals surface area contributed by atoms with Crippen molar-refractivity contribution in [3.8, 4) is 34.6 Å². The van der Waals surface area contributed by atoms with Crippen molar-refractivity contribution in [2.75, 3.05) is 25.4 Å². The fourth-order valence-electron chi connectivity index (χ4n) is 3.75. The number of aliphatic hydroxyl groups excluding tert-OH is 1. The number of nitriles is 1. The van der Waals surface area contributed by atoms with E-state index in [-0.39, 0.29) is 42.3 Å². The molecular weight excluding hydrogens is 494 g/mol. The second-order valence-electron chi connectivity index (χ2n) is 8.03. The van der Waals surface area contributed by atoms with Crippen LogP contribution in [-0.2, 0) is 10.0 Å². The summed E-state index contributed by atoms with van der Waals surface area (Å²) in [6.45, 7) is 0.0820. The van der Waals surface area contributed by atoms with Crippen LogP contribution in [0.5, 0.6) is 17.4 Å². The maximum atomic E-state index is 13.6. The molecule has 0 unspecified atom stereocenters. The zero-order valence-electron chi connectivity index (χ0n) is 19.0. The van der Waals surface area contributed by atoms with Crippen LogP contribution < -0.4 is 9.47 Å². The Labute approximate surface area is 206 Å². The summed E-state index contributed by atoms with van der Waals surface area (Å²) in [4.78, 5) is 8.19. The van der Waals surface area contributed by atoms with Gasteiger partial charge in [0, 0.05) is 37.0 Å². The second-order valence-corrected chi connectivity index (χ2v) is 10.1. The largest absolute Gasteiger partial charge is 0.490 e. The molecule has 36 heavy (non-hydrogen) atoms. The summed E-state index contributed by atoms with van der Waals surface area (Å²) >= 11 is 0. The first-order valence-corrected chi connectivity index (χ1v) is 12.6. The van der Waals surface area contributed by atoms with Crippen molar-refractivity contribution in [3.63, 3.8) is 0 Å². The van der Waals surface area contributed by atoms with Gasteiger partial charge in [-0.05, 0) is 36.6 Å². The summed E-state index contributed by atoms with van der Waals surface area (Å²) in [7, 11) is -3.50. The molecule has 1 aliphatic heterocycles. The third-order valence-electron chi connectivity index (χ3n) is 5.52. The van der Waals surface area contributed by atoms with E-state index in [1.54, 1.807) is 6.07 Å². The Balaban J connectivity index is 1.47. The third-order valence-corrected chi connectivity index (χ3v) is 7.38. The van der Waals surface area contributed by atoms with Gasteiger partial charge in [0.2, 0.25) is 15.9 Å². The lowest BCUT2D eigenvalue weighted by Crippen LogP contribution is -2.43. The molecule has 1 aromatic carbocycles. The molecule has 9 nitrogen and oxygen atoms in total. The lowest BCUT2D eigenvalue weighted by molar-refractivity contribution is 0.134. The highest BCUT2D eigenvalue weighted by Gasteiger charge is 2.28. The van der Waals surface area contributed by atoms with Crippen molar-refractivity contribution in [2.45, 2.75) is 18.9 Å². The maximum absolute atomic E-state index is 13.6. The fraction of sp³-hybridized carbons (Fsp3) is 0.292. The highest BCUT2D eigenvalue weighted by molar-refractivity contribution is 7.89. The minimum absolute atomic E-state index is 0.0511. The van der Waals surface area contributed by atoms with Crippen LogP contribution in [0.15, 0.2) is 48.8 Å². The second kappa shape index (κ2) is 10.9. The number of sulfonamides is 1. The van der Waals surface area contributed by atoms with Gasteiger partial charge in [0.15, 0.2) is 11.6 Å². The number of pyridine rings is 2. The molecule has 0 atom stereocenters. The summed E-state index contributed by atoms with van der Waals surface area (Å²) in [6.07, 6.45) is 3.47. The van der Waals surface area contributed by atoms with Crippen molar-refractivity contribution in [2.24, 2.45) is 0 Å². The summed E-state index contributed by atoms with van der Waals surface area (Å²) in [5.41, 5.74) is 0.944. The molecule has 0 saturated carbocycles. The van der Waals surface area contributed by atoms with E-state index in [1.807, 2.05) is 6.07 Å². The van der Waals surface area contributed by atoms with Crippen LogP contribution in [0, 0.1) is 23.0 Å². The van der Waals surface area contributed by atoms with Gasteiger partial charge in [-0.15, -0.1) is 0 Å². The SMILES string of the molecule is N#Cc1cc(OC2CCN(S(=O)(=O)CCO)CC2)cc(Oc2cncc(-c3ccc(F)c(F)c3)c2)n1. The summed E-state index contributed by atoms with van der Waals surface area (Å²) in [5, 5.41) is 18.3. The number of piperidine rings is 1. The summed E-state index contributed by atoms with van der Waals surface area (Å²) in [5.74, 6) is -1.61. The van der Waals surface area contributed by atoms with Gasteiger partial charge in [0.1, 0.15) is 29.4 Å². The van der Waals surface area contributed by atoms with E-state index in [4.69, 9.17) is 14.6 Å². The predicted molar refractivity (Wildman–Crippen MR) is 125 cm³/mol. The van der Waals surface area contributed by atoms with Gasteiger partial charge >= 0.3 is 0 Å². The van der Waals surface area contributed by atoms with Crippen molar-refractivity contribution >= 4 is 10.0 Å². The van der Waals surface area contributed by atoms with Crippen molar-refractivity contribution in [3.05, 3.63) is 66.1 Å². The number of nitrogens with zero attached hydrogens (tertiary/aromatic N) is 4. The molecule has 0 aliphatic carbocycles. The first-order valence-electron chi connectivity index (χ1n) is 11.0. The molecule has 4 rings (SSSR count). The van der Waals surface area contributed by atoms with Gasteiger partial charge in [0.25, 0.3) is 0 Å². The van der Waals surface area contributed by atoms with Gasteiger partial charge in [-0.2, -0.15) is 5.26 Å². The Hall–Kier alpha value is -3.66. The molecule has 1 N–H and O–H groups in total. The molecule has 0 amide bonds. The summed E-state index contributed by atoms with van der Waals surface area (Å²) in [6, 6.07) is 9.96. The van der Waals surface area contributed by atoms with Crippen LogP contribution in [0.4, 0.5) is 8.78 Å². The molecule has 188 valence electrons. The minimum atomic E-state index is -3.50. The van der Waals surface area contributed by atoms with Gasteiger partial charge in [0.05, 0.1) is 18.6 Å². The number of hydrogen-bond acceptors (Lipinski definition) is 8. The lowest BCUT2D eigenvalue weighted by Gasteiger charge is -2.31. The average molecular weight is 517 g/mol. The Morgan fingerprint density at radius 3 is 2.53 bits per heavy atom. The van der Waals surface area contributed by atoms with Gasteiger partial charge in [-0.3, -0.25) is 4.98 Å². The number of ether oxygens (including phenoxy) is 2. The number of halogens is 2. The van der Waals surface area contributed by atoms with Crippen molar-refractivity contribution in [1.82, 2.24) is 14.3 Å². The lowest BCUT2D eigenvalue weighted by atomic mass is 10.1. The molecular formula is C24H22F2N4O5S. The zero-order chi connectivity index (χ0) is 25.7. The first-order chi connectivity index (χ1) is 17.3. The number of benzene rings is 1. The van der Waals surface area contributed by atoms with Gasteiger partial charge in [-0.25, -0.2) is 26.5 Å². The zero-order valence-corrected chi connectivity index (χ0v) is 19.8. The average Bonchev–Trinajstić information content (AvgIpc) is 2.86. The first kappa shape index (κ1) is 25.4. The molecule has 0 radical (unpaired) electrons. The number of hydrogen-bond donors (Lipinski definition) is 1. The van der Waals surface area contributed by atoms with Crippen molar-refractivity contribution in [1.29, 1.82) is 5.26 Å². The predicted octanol–water partition coefficient (Wildman–Crippen LogP) is 3.25. The Kier molecular flexibility index (Phi) is 7.73. The third kappa shape index (κ3) is 6.12. The van der Waals surface area contributed by atoms with Crippen molar-refractivity contribution < 1.29 is 31.8 Å². The number of rotatable bonds is 8. The highest BCUT2D eigenvalue weighted by Crippen LogP contribution is 2.29. The van der Waals surface area contributed by atoms with Crippen LogP contribution in [-0.4, -0.2) is 59.4 Å². The molecule has 0 bridgehead atoms. The normalized spacial score (nSPS) is 14.8. The molecule has 3 heterocycles. The van der Waals surface area contributed by atoms with Crippen LogP contribution in [0.2, 0.25) is 0 Å². The van der Waals surface area contributed by atoms with E-state index < -0.39 is 28.3 Å². The Bertz CT molecular complexity index is 1390. The quantitative estimate of drug-likeness (QED) is 0.484. The molecule has 0 spiro atoms. The van der Waals surface area contributed by atoms with E-state index in [9.17, 15) is 22.5 Å². The summed E-state index contributed by atoms with van der Waals surface area (Å²) < 4.78 is 64.2. The fourth-order valence-corrected chi connectivity index (χ4v) is 5.01. The Morgan fingerprint density at radius 1 is 1.06 bits per heavy atom. The molecule has 1 saturated heterocycles. The number of aromatic nitrogens is 2. The van der Waals surface area contributed by atoms with Crippen LogP contribution >= 0.6 is 0 Å². The monoisotopic (exact) mass is 516 g/mol. The molecule has 2 aromatic heterocycles. The molecule has 12 heteroatoms. The van der Waals surface area contributed by atoms with Gasteiger partial charge < -0.3 is 14.6 Å². The van der Waals surface area contributed by atoms with E-state index in [0.29, 0.717) is 29.7 Å². The molecule has 3 aromatic rings. The van der Waals surface area contributed by atoms with Crippen LogP contribution in [0.25, 0.3) is 11.1 Å². The smallest absolute Gasteiger partial charge is 0.224 e. The maximum Gasteiger partial charge on any atom is 0.224 e. The molecule has 1 fully saturated rings. The number of aliphatic hydroxyl groups is 1. The van der Waals surface area contributed by atoms with E-state index in [0.717, 1.165) is 12.1 Å². The van der Waals surface area contributed by atoms with E-state index >= 15 is 0 Å². The van der Waals surface area contributed by atoms with E-state index in [1.165, 1.54) is 34.9 Å². The van der Waals surface area contributed by atoms with Crippen LogP contribution in [0.3, 0.4) is 0 Å². The highest BCUT2D eigenvalue weighted by atomic mass is 32.2. The van der Waals surface area contributed by atoms with Gasteiger partial charge in [-0.1, -0.05) is 6.07 Å². The molecule has 1 aliphatic rings. The Morgan fingerprint density at radius 2 is 1.83 bits per heavy atom. The van der Waals surface area contributed by atoms with E-state index in [2.05, 4.69) is 9.97 Å². The standard InChI is InChI=1S/C24H22F2N4O5S/c25-22-2-1-16(10-23(22)26)17-9-21(15-28-14-17)35-24-12-20(11-18(13-27)29-24)34-19-3-5-30(6-4-19)36(32,33)8-7-31/h1-2,9-12,14-15,19,31H,3-8H2. The topological polar surface area (TPSA) is 126 Å². The van der Waals surface area contributed by atoms with Crippen LogP contribution in [0.1, 0.15) is 18.5 Å². The minimum Gasteiger partial charge on any atom is -0.490 e.